The third kappa shape index (κ3) is 14.0. The Bertz CT molecular complexity index is 878. The van der Waals surface area contributed by atoms with Gasteiger partial charge in [-0.25, -0.2) is 9.59 Å². The molecule has 2 unspecified atom stereocenters. The first-order valence-corrected chi connectivity index (χ1v) is 17.0. The van der Waals surface area contributed by atoms with Crippen LogP contribution in [0.2, 0.25) is 0 Å². The fraction of sp³-hybridized carbons (Fsp3) is 0.806. The number of esters is 3. The summed E-state index contributed by atoms with van der Waals surface area (Å²) >= 11 is 0. The van der Waals surface area contributed by atoms with Gasteiger partial charge in [-0.3, -0.25) is 4.79 Å². The van der Waals surface area contributed by atoms with Crippen LogP contribution in [0, 0.1) is 41.4 Å². The summed E-state index contributed by atoms with van der Waals surface area (Å²) < 4.78 is 16.6. The molecule has 0 spiro atoms. The first-order valence-electron chi connectivity index (χ1n) is 17.0. The van der Waals surface area contributed by atoms with Gasteiger partial charge in [0.2, 0.25) is 0 Å². The zero-order valence-electron chi connectivity index (χ0n) is 27.6. The van der Waals surface area contributed by atoms with Crippen LogP contribution < -0.4 is 0 Å². The number of rotatable bonds is 19. The summed E-state index contributed by atoms with van der Waals surface area (Å²) in [4.78, 5) is 36.7. The van der Waals surface area contributed by atoms with E-state index >= 15 is 0 Å². The van der Waals surface area contributed by atoms with E-state index in [9.17, 15) is 19.5 Å². The van der Waals surface area contributed by atoms with Crippen LogP contribution in [-0.2, 0) is 28.6 Å². The van der Waals surface area contributed by atoms with Crippen molar-refractivity contribution in [2.24, 2.45) is 41.4 Å². The average Bonchev–Trinajstić information content (AvgIpc) is 3.00. The van der Waals surface area contributed by atoms with E-state index in [2.05, 4.69) is 20.1 Å². The van der Waals surface area contributed by atoms with Crippen molar-refractivity contribution in [2.45, 2.75) is 118 Å². The molecule has 0 aliphatic heterocycles. The number of aliphatic hydroxyl groups is 1. The first kappa shape index (κ1) is 37.0. The number of ether oxygens (including phenoxy) is 3. The van der Waals surface area contributed by atoms with Gasteiger partial charge in [0.15, 0.2) is 0 Å². The summed E-state index contributed by atoms with van der Waals surface area (Å²) in [5.41, 5.74) is 0.338. The Balaban J connectivity index is 1.97. The van der Waals surface area contributed by atoms with E-state index in [-0.39, 0.29) is 49.1 Å². The maximum absolute atomic E-state index is 12.3. The Morgan fingerprint density at radius 3 is 1.84 bits per heavy atom. The lowest BCUT2D eigenvalue weighted by Crippen LogP contribution is -2.29. The number of carbonyl (C=O) groups excluding carboxylic acids is 3. The maximum Gasteiger partial charge on any atom is 0.335 e. The van der Waals surface area contributed by atoms with Crippen LogP contribution in [-0.4, -0.2) is 49.4 Å². The van der Waals surface area contributed by atoms with E-state index < -0.39 is 18.5 Å². The lowest BCUT2D eigenvalue weighted by atomic mass is 9.67. The lowest BCUT2D eigenvalue weighted by Gasteiger charge is -2.38. The van der Waals surface area contributed by atoms with Gasteiger partial charge in [-0.2, -0.15) is 0 Å². The highest BCUT2D eigenvalue weighted by Gasteiger charge is 2.32. The normalized spacial score (nSPS) is 23.7. The zero-order valence-corrected chi connectivity index (χ0v) is 27.6. The molecule has 0 saturated heterocycles. The number of hydrogen-bond donors (Lipinski definition) is 1. The van der Waals surface area contributed by atoms with Crippen molar-refractivity contribution in [1.82, 2.24) is 0 Å². The van der Waals surface area contributed by atoms with E-state index in [0.29, 0.717) is 17.9 Å². The fourth-order valence-electron chi connectivity index (χ4n) is 6.93. The fourth-order valence-corrected chi connectivity index (χ4v) is 6.93. The van der Waals surface area contributed by atoms with Crippen molar-refractivity contribution in [3.05, 3.63) is 24.3 Å². The van der Waals surface area contributed by atoms with Gasteiger partial charge in [0, 0.05) is 11.5 Å². The molecule has 0 aromatic rings. The second-order valence-electron chi connectivity index (χ2n) is 13.8. The van der Waals surface area contributed by atoms with Gasteiger partial charge < -0.3 is 19.3 Å². The van der Waals surface area contributed by atoms with Crippen LogP contribution in [0.5, 0.6) is 0 Å². The number of carbonyl (C=O) groups is 3. The predicted octanol–water partition coefficient (Wildman–Crippen LogP) is 7.60. The van der Waals surface area contributed by atoms with Crippen LogP contribution in [0.1, 0.15) is 118 Å². The minimum absolute atomic E-state index is 0.0217. The van der Waals surface area contributed by atoms with Gasteiger partial charge in [0.25, 0.3) is 0 Å². The Labute approximate surface area is 261 Å². The molecular weight excluding hydrogens is 544 g/mol. The smallest absolute Gasteiger partial charge is 0.335 e. The molecule has 7 nitrogen and oxygen atoms in total. The largest absolute Gasteiger partial charge is 0.465 e. The molecule has 0 bridgehead atoms. The maximum atomic E-state index is 12.3. The third-order valence-corrected chi connectivity index (χ3v) is 9.66. The molecule has 2 saturated carbocycles. The molecule has 1 N–H and O–H groups in total. The molecular formula is C36H60O7. The summed E-state index contributed by atoms with van der Waals surface area (Å²) in [5.74, 6) is 1.30. The molecule has 0 aromatic carbocycles. The number of hydrogen-bond acceptors (Lipinski definition) is 7. The highest BCUT2D eigenvalue weighted by molar-refractivity contribution is 5.88. The molecule has 0 amide bonds. The minimum Gasteiger partial charge on any atom is -0.465 e. The quantitative estimate of drug-likeness (QED) is 0.0701. The van der Waals surface area contributed by atoms with Crippen LogP contribution >= 0.6 is 0 Å². The van der Waals surface area contributed by atoms with Crippen LogP contribution in [0.15, 0.2) is 24.3 Å². The zero-order chi connectivity index (χ0) is 31.8. The molecule has 0 radical (unpaired) electrons. The van der Waals surface area contributed by atoms with Crippen molar-refractivity contribution in [3.63, 3.8) is 0 Å². The van der Waals surface area contributed by atoms with Crippen molar-refractivity contribution in [3.8, 4) is 0 Å². The Morgan fingerprint density at radius 2 is 1.30 bits per heavy atom. The van der Waals surface area contributed by atoms with Gasteiger partial charge in [-0.15, -0.1) is 0 Å². The molecule has 2 aliphatic rings. The molecule has 2 rings (SSSR count). The molecule has 0 aromatic heterocycles. The van der Waals surface area contributed by atoms with E-state index in [1.165, 1.54) is 77.0 Å². The van der Waals surface area contributed by atoms with Crippen molar-refractivity contribution in [2.75, 3.05) is 26.4 Å². The van der Waals surface area contributed by atoms with Crippen LogP contribution in [0.4, 0.5) is 0 Å². The van der Waals surface area contributed by atoms with Gasteiger partial charge in [0.1, 0.15) is 0 Å². The number of aliphatic hydroxyl groups excluding tert-OH is 1. The topological polar surface area (TPSA) is 99.1 Å². The van der Waals surface area contributed by atoms with E-state index in [0.717, 1.165) is 24.2 Å². The Hall–Kier alpha value is -2.15. The summed E-state index contributed by atoms with van der Waals surface area (Å²) in [6, 6.07) is 0. The highest BCUT2D eigenvalue weighted by Crippen LogP contribution is 2.43. The van der Waals surface area contributed by atoms with Crippen molar-refractivity contribution in [1.29, 1.82) is 0 Å². The van der Waals surface area contributed by atoms with E-state index in [4.69, 9.17) is 14.2 Å². The van der Waals surface area contributed by atoms with Gasteiger partial charge >= 0.3 is 17.9 Å². The third-order valence-electron chi connectivity index (χ3n) is 9.66. The molecule has 43 heavy (non-hydrogen) atoms. The first-order chi connectivity index (χ1) is 20.5. The molecule has 0 heterocycles. The molecule has 2 aliphatic carbocycles. The van der Waals surface area contributed by atoms with Crippen molar-refractivity contribution >= 4 is 17.9 Å². The summed E-state index contributed by atoms with van der Waals surface area (Å²) in [7, 11) is 0. The average molecular weight is 605 g/mol. The lowest BCUT2D eigenvalue weighted by molar-refractivity contribution is -0.151. The van der Waals surface area contributed by atoms with E-state index in [1.54, 1.807) is 20.8 Å². The summed E-state index contributed by atoms with van der Waals surface area (Å²) in [6.45, 7) is 14.6. The monoisotopic (exact) mass is 604 g/mol. The molecule has 2 atom stereocenters. The standard InChI is InChI=1S/C36H60O7/c1-7-8-9-10-28-11-15-32(16-12-28)33-17-13-29(14-18-33)19-30(22-41-34(38)25(2)3)20-31(23-42-35(39)26(4)5)24-43-36(40)27(6)21-37/h26,28-33,37H,2,6-24H2,1,3-5H3. The second-order valence-corrected chi connectivity index (χ2v) is 13.8. The molecule has 2 fully saturated rings. The second kappa shape index (κ2) is 20.0. The molecule has 246 valence electrons. The SMILES string of the molecule is C=C(C)C(=O)OCC(CC1CCC(C2CCC(CCCCC)CC2)CC1)CC(COC(=O)C(=C)CO)COC(=O)C(C)C. The minimum atomic E-state index is -0.665. The predicted molar refractivity (Wildman–Crippen MR) is 170 cm³/mol. The van der Waals surface area contributed by atoms with Gasteiger partial charge in [0.05, 0.1) is 37.9 Å². The molecule has 7 heteroatoms. The van der Waals surface area contributed by atoms with Gasteiger partial charge in [-0.05, 0) is 75.0 Å². The highest BCUT2D eigenvalue weighted by atomic mass is 16.5. The Morgan fingerprint density at radius 1 is 0.767 bits per heavy atom. The van der Waals surface area contributed by atoms with E-state index in [1.807, 2.05) is 0 Å². The van der Waals surface area contributed by atoms with Gasteiger partial charge in [-0.1, -0.05) is 85.3 Å². The van der Waals surface area contributed by atoms with Crippen LogP contribution in [0.3, 0.4) is 0 Å². The summed E-state index contributed by atoms with van der Waals surface area (Å²) in [6.07, 6.45) is 17.5. The van der Waals surface area contributed by atoms with Crippen LogP contribution in [0.25, 0.3) is 0 Å². The van der Waals surface area contributed by atoms with Crippen molar-refractivity contribution < 1.29 is 33.7 Å². The summed E-state index contributed by atoms with van der Waals surface area (Å²) in [5, 5.41) is 9.23. The number of unbranched alkanes of at least 4 members (excludes halogenated alkanes) is 2. The Kier molecular flexibility index (Phi) is 17.2.